The Balaban J connectivity index is 2.02. The molecular formula is C25H27N3O9S. The van der Waals surface area contributed by atoms with E-state index < -0.39 is 27.4 Å². The summed E-state index contributed by atoms with van der Waals surface area (Å²) in [5.74, 6) is 0.437. The number of carbonyl (C=O) groups is 1. The van der Waals surface area contributed by atoms with Crippen molar-refractivity contribution in [2.45, 2.75) is 11.8 Å². The second-order valence-electron chi connectivity index (χ2n) is 7.65. The largest absolute Gasteiger partial charge is 0.495 e. The highest BCUT2D eigenvalue weighted by atomic mass is 32.2. The molecule has 1 amide bonds. The van der Waals surface area contributed by atoms with Crippen LogP contribution in [0.2, 0.25) is 0 Å². The number of ether oxygens (including phenoxy) is 4. The molecule has 0 aliphatic carbocycles. The number of sulfonamides is 1. The van der Waals surface area contributed by atoms with E-state index in [1.807, 2.05) is 6.92 Å². The van der Waals surface area contributed by atoms with E-state index in [1.54, 1.807) is 12.1 Å². The van der Waals surface area contributed by atoms with Gasteiger partial charge in [0.1, 0.15) is 18.0 Å². The third-order valence-electron chi connectivity index (χ3n) is 5.33. The Kier molecular flexibility index (Phi) is 8.97. The van der Waals surface area contributed by atoms with Gasteiger partial charge in [0, 0.05) is 18.2 Å². The molecule has 0 aliphatic rings. The maximum absolute atomic E-state index is 13.8. The van der Waals surface area contributed by atoms with E-state index >= 15 is 0 Å². The number of methoxy groups -OCH3 is 3. The second-order valence-corrected chi connectivity index (χ2v) is 9.51. The SMILES string of the molecule is CCOc1ccc(N(CC(=O)Nc2cc([N+](=O)[O-])ccc2OC)S(=O)(=O)c2ccc(OC)c(OC)c2)cc1. The van der Waals surface area contributed by atoms with Gasteiger partial charge in [0.25, 0.3) is 15.7 Å². The summed E-state index contributed by atoms with van der Waals surface area (Å²) in [5, 5.41) is 13.7. The Hall–Kier alpha value is -4.52. The molecule has 0 bridgehead atoms. The van der Waals surface area contributed by atoms with Gasteiger partial charge in [-0.3, -0.25) is 19.2 Å². The number of nitrogens with zero attached hydrogens (tertiary/aromatic N) is 2. The molecule has 0 heterocycles. The lowest BCUT2D eigenvalue weighted by atomic mass is 10.2. The van der Waals surface area contributed by atoms with E-state index in [0.29, 0.717) is 18.1 Å². The number of anilines is 2. The molecule has 0 spiro atoms. The highest BCUT2D eigenvalue weighted by molar-refractivity contribution is 7.92. The number of benzene rings is 3. The van der Waals surface area contributed by atoms with Gasteiger partial charge in [-0.15, -0.1) is 0 Å². The molecule has 0 unspecified atom stereocenters. The summed E-state index contributed by atoms with van der Waals surface area (Å²) >= 11 is 0. The summed E-state index contributed by atoms with van der Waals surface area (Å²) in [6.07, 6.45) is 0. The van der Waals surface area contributed by atoms with Crippen molar-refractivity contribution in [1.82, 2.24) is 0 Å². The lowest BCUT2D eigenvalue weighted by molar-refractivity contribution is -0.384. The zero-order valence-corrected chi connectivity index (χ0v) is 22.0. The first-order chi connectivity index (χ1) is 18.1. The van der Waals surface area contributed by atoms with Crippen molar-refractivity contribution in [3.63, 3.8) is 0 Å². The van der Waals surface area contributed by atoms with E-state index in [1.165, 1.54) is 63.8 Å². The summed E-state index contributed by atoms with van der Waals surface area (Å²) in [4.78, 5) is 23.5. The molecule has 13 heteroatoms. The molecule has 12 nitrogen and oxygen atoms in total. The van der Waals surface area contributed by atoms with Gasteiger partial charge in [-0.2, -0.15) is 0 Å². The number of hydrogen-bond acceptors (Lipinski definition) is 9. The number of carbonyl (C=O) groups excluding carboxylic acids is 1. The number of nitro benzene ring substituents is 1. The molecule has 0 saturated carbocycles. The van der Waals surface area contributed by atoms with Crippen LogP contribution in [0, 0.1) is 10.1 Å². The van der Waals surface area contributed by atoms with Crippen LogP contribution in [0.1, 0.15) is 6.92 Å². The molecule has 0 radical (unpaired) electrons. The monoisotopic (exact) mass is 545 g/mol. The molecule has 3 rings (SSSR count). The molecule has 1 N–H and O–H groups in total. The number of hydrogen-bond donors (Lipinski definition) is 1. The van der Waals surface area contributed by atoms with E-state index in [2.05, 4.69) is 5.32 Å². The standard InChI is InChI=1S/C25H27N3O9S/c1-5-37-19-9-6-17(7-10-19)27(38(32,33)20-11-13-23(35-3)24(15-20)36-4)16-25(29)26-21-14-18(28(30)31)8-12-22(21)34-2/h6-15H,5,16H2,1-4H3,(H,26,29). The van der Waals surface area contributed by atoms with Gasteiger partial charge in [0.05, 0.1) is 49.1 Å². The summed E-state index contributed by atoms with van der Waals surface area (Å²) in [6.45, 7) is 1.57. The Morgan fingerprint density at radius 3 is 2.13 bits per heavy atom. The van der Waals surface area contributed by atoms with Crippen LogP contribution in [0.5, 0.6) is 23.0 Å². The third-order valence-corrected chi connectivity index (χ3v) is 7.10. The lowest BCUT2D eigenvalue weighted by Gasteiger charge is -2.25. The fraction of sp³-hybridized carbons (Fsp3) is 0.240. The van der Waals surface area contributed by atoms with Crippen LogP contribution in [-0.2, 0) is 14.8 Å². The topological polar surface area (TPSA) is 147 Å². The van der Waals surface area contributed by atoms with Crippen LogP contribution in [0.15, 0.2) is 65.6 Å². The zero-order chi connectivity index (χ0) is 27.9. The molecule has 0 fully saturated rings. The maximum Gasteiger partial charge on any atom is 0.271 e. The smallest absolute Gasteiger partial charge is 0.271 e. The molecule has 38 heavy (non-hydrogen) atoms. The van der Waals surface area contributed by atoms with Crippen LogP contribution < -0.4 is 28.6 Å². The van der Waals surface area contributed by atoms with Gasteiger partial charge in [0.2, 0.25) is 5.91 Å². The average molecular weight is 546 g/mol. The van der Waals surface area contributed by atoms with Crippen molar-refractivity contribution >= 4 is 33.0 Å². The number of nitro groups is 1. The minimum Gasteiger partial charge on any atom is -0.495 e. The fourth-order valence-corrected chi connectivity index (χ4v) is 4.96. The highest BCUT2D eigenvalue weighted by Crippen LogP contribution is 2.33. The normalized spacial score (nSPS) is 10.8. The first kappa shape index (κ1) is 28.1. The number of amides is 1. The van der Waals surface area contributed by atoms with E-state index in [9.17, 15) is 23.3 Å². The summed E-state index contributed by atoms with van der Waals surface area (Å²) in [6, 6.07) is 13.9. The van der Waals surface area contributed by atoms with Crippen LogP contribution in [0.4, 0.5) is 17.1 Å². The van der Waals surface area contributed by atoms with E-state index in [-0.39, 0.29) is 33.5 Å². The van der Waals surface area contributed by atoms with Crippen molar-refractivity contribution in [3.05, 3.63) is 70.8 Å². The first-order valence-electron chi connectivity index (χ1n) is 11.2. The average Bonchev–Trinajstić information content (AvgIpc) is 2.91. The predicted molar refractivity (Wildman–Crippen MR) is 140 cm³/mol. The Morgan fingerprint density at radius 2 is 1.55 bits per heavy atom. The van der Waals surface area contributed by atoms with Gasteiger partial charge < -0.3 is 24.3 Å². The van der Waals surface area contributed by atoms with Crippen LogP contribution >= 0.6 is 0 Å². The Morgan fingerprint density at radius 1 is 0.921 bits per heavy atom. The molecule has 3 aromatic carbocycles. The predicted octanol–water partition coefficient (Wildman–Crippen LogP) is 3.85. The van der Waals surface area contributed by atoms with E-state index in [0.717, 1.165) is 10.4 Å². The van der Waals surface area contributed by atoms with Gasteiger partial charge in [-0.25, -0.2) is 8.42 Å². The summed E-state index contributed by atoms with van der Waals surface area (Å²) in [5.41, 5.74) is -0.0753. The number of rotatable bonds is 12. The number of non-ortho nitro benzene ring substituents is 1. The minimum atomic E-state index is -4.30. The highest BCUT2D eigenvalue weighted by Gasteiger charge is 2.29. The molecule has 0 aromatic heterocycles. The van der Waals surface area contributed by atoms with Crippen molar-refractivity contribution < 1.29 is 37.1 Å². The second kappa shape index (κ2) is 12.1. The minimum absolute atomic E-state index is 0.0156. The first-order valence-corrected chi connectivity index (χ1v) is 12.7. The van der Waals surface area contributed by atoms with Gasteiger partial charge in [-0.05, 0) is 49.4 Å². The Bertz CT molecular complexity index is 1410. The summed E-state index contributed by atoms with van der Waals surface area (Å²) < 4.78 is 49.5. The van der Waals surface area contributed by atoms with Gasteiger partial charge in [0.15, 0.2) is 11.5 Å². The van der Waals surface area contributed by atoms with Crippen molar-refractivity contribution in [1.29, 1.82) is 0 Å². The quantitative estimate of drug-likeness (QED) is 0.265. The molecule has 0 aliphatic heterocycles. The van der Waals surface area contributed by atoms with Gasteiger partial charge in [-0.1, -0.05) is 0 Å². The molecule has 0 saturated heterocycles. The lowest BCUT2D eigenvalue weighted by Crippen LogP contribution is -2.38. The van der Waals surface area contributed by atoms with Crippen molar-refractivity contribution in [2.24, 2.45) is 0 Å². The summed E-state index contributed by atoms with van der Waals surface area (Å²) in [7, 11) is -0.172. The van der Waals surface area contributed by atoms with Crippen molar-refractivity contribution in [3.8, 4) is 23.0 Å². The number of nitrogens with one attached hydrogen (secondary N) is 1. The Labute approximate surface area is 219 Å². The maximum atomic E-state index is 13.8. The molecule has 202 valence electrons. The zero-order valence-electron chi connectivity index (χ0n) is 21.2. The van der Waals surface area contributed by atoms with E-state index in [4.69, 9.17) is 18.9 Å². The van der Waals surface area contributed by atoms with Crippen LogP contribution in [0.3, 0.4) is 0 Å². The third kappa shape index (κ3) is 6.24. The fourth-order valence-electron chi connectivity index (χ4n) is 3.52. The van der Waals surface area contributed by atoms with Crippen molar-refractivity contribution in [2.75, 3.05) is 44.1 Å². The molecule has 0 atom stereocenters. The van der Waals surface area contributed by atoms with Gasteiger partial charge >= 0.3 is 0 Å². The van der Waals surface area contributed by atoms with Crippen LogP contribution in [0.25, 0.3) is 0 Å². The molecular weight excluding hydrogens is 518 g/mol. The molecule has 3 aromatic rings. The van der Waals surface area contributed by atoms with Crippen LogP contribution in [-0.4, -0.2) is 53.7 Å².